The Balaban J connectivity index is 1.62. The summed E-state index contributed by atoms with van der Waals surface area (Å²) < 4.78 is 7.56. The summed E-state index contributed by atoms with van der Waals surface area (Å²) in [6.45, 7) is 2.38. The first-order valence-electron chi connectivity index (χ1n) is 9.96. The highest BCUT2D eigenvalue weighted by Crippen LogP contribution is 2.34. The van der Waals surface area contributed by atoms with E-state index in [4.69, 9.17) is 16.3 Å². The van der Waals surface area contributed by atoms with Gasteiger partial charge in [0.25, 0.3) is 0 Å². The molecule has 1 aromatic heterocycles. The minimum absolute atomic E-state index is 0.465. The largest absolute Gasteiger partial charge is 0.394 e. The molecular weight excluding hydrogens is 408 g/mol. The number of halogens is 1. The summed E-state index contributed by atoms with van der Waals surface area (Å²) in [4.78, 5) is 0. The topological polar surface area (TPSA) is 108 Å². The molecule has 0 bridgehead atoms. The fourth-order valence-corrected chi connectivity index (χ4v) is 4.09. The van der Waals surface area contributed by atoms with Crippen molar-refractivity contribution in [2.24, 2.45) is 0 Å². The molecule has 1 aliphatic rings. The molecule has 5 unspecified atom stereocenters. The first-order valence-corrected chi connectivity index (χ1v) is 10.3. The predicted molar refractivity (Wildman–Crippen MR) is 112 cm³/mol. The average molecular weight is 433 g/mol. The van der Waals surface area contributed by atoms with Gasteiger partial charge >= 0.3 is 0 Å². The van der Waals surface area contributed by atoms with Crippen LogP contribution in [-0.4, -0.2) is 61.2 Å². The van der Waals surface area contributed by atoms with Gasteiger partial charge in [-0.15, -0.1) is 0 Å². The molecule has 4 N–H and O–H groups in total. The number of aromatic nitrogens is 2. The minimum atomic E-state index is -1.42. The van der Waals surface area contributed by atoms with Crippen molar-refractivity contribution in [3.63, 3.8) is 0 Å². The molecule has 5 atom stereocenters. The molecule has 7 nitrogen and oxygen atoms in total. The zero-order valence-electron chi connectivity index (χ0n) is 16.5. The van der Waals surface area contributed by atoms with Crippen LogP contribution in [0.1, 0.15) is 29.7 Å². The number of ether oxygens (including phenoxy) is 1. The van der Waals surface area contributed by atoms with E-state index >= 15 is 0 Å². The molecular formula is C22H25ClN2O5. The van der Waals surface area contributed by atoms with Gasteiger partial charge in [0.1, 0.15) is 30.5 Å². The fourth-order valence-electron chi connectivity index (χ4n) is 3.90. The number of rotatable bonds is 5. The summed E-state index contributed by atoms with van der Waals surface area (Å²) in [5, 5.41) is 46.0. The van der Waals surface area contributed by atoms with Crippen LogP contribution >= 0.6 is 11.6 Å². The van der Waals surface area contributed by atoms with Crippen LogP contribution in [0.4, 0.5) is 0 Å². The summed E-state index contributed by atoms with van der Waals surface area (Å²) in [5.41, 5.74) is 3.45. The standard InChI is InChI=1S/C22H25ClN2O5/c1-2-25-10-15-8-12(3-6-17(15)24-25)7-14-9-13(4-5-16(14)23)22-21(29)20(28)19(27)18(11-26)30-22/h3-6,8-10,18-22,26-29H,2,7,11H2,1H3. The van der Waals surface area contributed by atoms with Gasteiger partial charge in [-0.2, -0.15) is 5.10 Å². The molecule has 0 amide bonds. The molecule has 1 saturated heterocycles. The lowest BCUT2D eigenvalue weighted by molar-refractivity contribution is -0.231. The van der Waals surface area contributed by atoms with Gasteiger partial charge in [-0.05, 0) is 48.2 Å². The minimum Gasteiger partial charge on any atom is -0.394 e. The average Bonchev–Trinajstić information content (AvgIpc) is 3.17. The zero-order valence-corrected chi connectivity index (χ0v) is 17.3. The van der Waals surface area contributed by atoms with Crippen LogP contribution in [0.3, 0.4) is 0 Å². The number of nitrogens with zero attached hydrogens (tertiary/aromatic N) is 2. The number of aliphatic hydroxyl groups is 4. The Morgan fingerprint density at radius 2 is 1.87 bits per heavy atom. The van der Waals surface area contributed by atoms with Crippen LogP contribution < -0.4 is 0 Å². The molecule has 8 heteroatoms. The van der Waals surface area contributed by atoms with Gasteiger partial charge < -0.3 is 25.2 Å². The van der Waals surface area contributed by atoms with E-state index in [0.717, 1.165) is 28.6 Å². The van der Waals surface area contributed by atoms with Crippen LogP contribution in [0.2, 0.25) is 5.02 Å². The number of hydrogen-bond donors (Lipinski definition) is 4. The lowest BCUT2D eigenvalue weighted by Crippen LogP contribution is -2.55. The maximum atomic E-state index is 10.4. The van der Waals surface area contributed by atoms with Gasteiger partial charge in [0.05, 0.1) is 12.1 Å². The van der Waals surface area contributed by atoms with E-state index in [1.54, 1.807) is 12.1 Å². The third kappa shape index (κ3) is 3.97. The highest BCUT2D eigenvalue weighted by Gasteiger charge is 2.44. The van der Waals surface area contributed by atoms with E-state index in [2.05, 4.69) is 11.2 Å². The predicted octanol–water partition coefficient (Wildman–Crippen LogP) is 1.82. The summed E-state index contributed by atoms with van der Waals surface area (Å²) in [7, 11) is 0. The van der Waals surface area contributed by atoms with Crippen molar-refractivity contribution < 1.29 is 25.2 Å². The molecule has 2 heterocycles. The third-order valence-corrected chi connectivity index (χ3v) is 5.99. The molecule has 3 aromatic rings. The molecule has 4 rings (SSSR count). The van der Waals surface area contributed by atoms with Gasteiger partial charge in [0, 0.05) is 23.2 Å². The van der Waals surface area contributed by atoms with Crippen LogP contribution in [0.5, 0.6) is 0 Å². The van der Waals surface area contributed by atoms with Crippen LogP contribution in [-0.2, 0) is 17.7 Å². The summed E-state index contributed by atoms with van der Waals surface area (Å²) in [6, 6.07) is 11.3. The Morgan fingerprint density at radius 1 is 1.07 bits per heavy atom. The number of benzene rings is 2. The number of aliphatic hydroxyl groups excluding tert-OH is 4. The molecule has 160 valence electrons. The van der Waals surface area contributed by atoms with Gasteiger partial charge in [-0.25, -0.2) is 0 Å². The van der Waals surface area contributed by atoms with E-state index in [1.807, 2.05) is 36.0 Å². The first-order chi connectivity index (χ1) is 14.4. The second-order valence-corrected chi connectivity index (χ2v) is 8.06. The van der Waals surface area contributed by atoms with Gasteiger partial charge in [-0.1, -0.05) is 29.8 Å². The van der Waals surface area contributed by atoms with Crippen molar-refractivity contribution in [1.82, 2.24) is 9.78 Å². The lowest BCUT2D eigenvalue weighted by atomic mass is 9.90. The highest BCUT2D eigenvalue weighted by atomic mass is 35.5. The maximum Gasteiger partial charge on any atom is 0.113 e. The summed E-state index contributed by atoms with van der Waals surface area (Å²) in [6.07, 6.45) is -3.40. The van der Waals surface area contributed by atoms with Crippen LogP contribution in [0.15, 0.2) is 42.6 Å². The monoisotopic (exact) mass is 432 g/mol. The molecule has 0 radical (unpaired) electrons. The van der Waals surface area contributed by atoms with Gasteiger partial charge in [0.2, 0.25) is 0 Å². The third-order valence-electron chi connectivity index (χ3n) is 5.63. The van der Waals surface area contributed by atoms with Crippen molar-refractivity contribution in [3.05, 3.63) is 64.3 Å². The van der Waals surface area contributed by atoms with Crippen molar-refractivity contribution in [2.75, 3.05) is 6.61 Å². The summed E-state index contributed by atoms with van der Waals surface area (Å²) >= 11 is 6.42. The smallest absolute Gasteiger partial charge is 0.113 e. The summed E-state index contributed by atoms with van der Waals surface area (Å²) in [5.74, 6) is 0. The normalized spacial score (nSPS) is 26.9. The van der Waals surface area contributed by atoms with Crippen molar-refractivity contribution >= 4 is 22.5 Å². The quantitative estimate of drug-likeness (QED) is 0.490. The van der Waals surface area contributed by atoms with Gasteiger partial charge in [0.15, 0.2) is 0 Å². The molecule has 0 aliphatic carbocycles. The first kappa shape index (κ1) is 21.2. The van der Waals surface area contributed by atoms with Crippen molar-refractivity contribution in [3.8, 4) is 0 Å². The Hall–Kier alpha value is -2.00. The highest BCUT2D eigenvalue weighted by molar-refractivity contribution is 6.31. The second kappa shape index (κ2) is 8.63. The van der Waals surface area contributed by atoms with Crippen molar-refractivity contribution in [2.45, 2.75) is 50.4 Å². The number of hydrogen-bond acceptors (Lipinski definition) is 6. The van der Waals surface area contributed by atoms with Gasteiger partial charge in [-0.3, -0.25) is 4.68 Å². The van der Waals surface area contributed by atoms with Crippen LogP contribution in [0.25, 0.3) is 10.9 Å². The Bertz CT molecular complexity index is 1040. The molecule has 2 aromatic carbocycles. The van der Waals surface area contributed by atoms with Crippen LogP contribution in [0, 0.1) is 0 Å². The Morgan fingerprint density at radius 3 is 2.60 bits per heavy atom. The number of fused-ring (bicyclic) bond motifs is 1. The molecule has 0 saturated carbocycles. The van der Waals surface area contributed by atoms with E-state index in [1.165, 1.54) is 0 Å². The van der Waals surface area contributed by atoms with E-state index < -0.39 is 37.1 Å². The Labute approximate surface area is 179 Å². The van der Waals surface area contributed by atoms with E-state index in [-0.39, 0.29) is 0 Å². The van der Waals surface area contributed by atoms with Crippen molar-refractivity contribution in [1.29, 1.82) is 0 Å². The van der Waals surface area contributed by atoms with E-state index in [9.17, 15) is 20.4 Å². The second-order valence-electron chi connectivity index (χ2n) is 7.66. The maximum absolute atomic E-state index is 10.4. The Kier molecular flexibility index (Phi) is 6.11. The SMILES string of the molecule is CCn1cc2cc(Cc3cc(C4OC(CO)C(O)C(O)C4O)ccc3Cl)ccc2n1. The van der Waals surface area contributed by atoms with E-state index in [0.29, 0.717) is 17.0 Å². The lowest BCUT2D eigenvalue weighted by Gasteiger charge is -2.40. The zero-order chi connectivity index (χ0) is 21.4. The molecule has 1 aliphatic heterocycles. The molecule has 1 fully saturated rings. The molecule has 30 heavy (non-hydrogen) atoms. The molecule has 0 spiro atoms. The fraction of sp³-hybridized carbons (Fsp3) is 0.409. The number of aryl methyl sites for hydroxylation is 1.